The van der Waals surface area contributed by atoms with E-state index in [1.54, 1.807) is 0 Å². The van der Waals surface area contributed by atoms with Crippen molar-refractivity contribution in [2.75, 3.05) is 18.5 Å². The van der Waals surface area contributed by atoms with Crippen LogP contribution in [0.1, 0.15) is 5.56 Å². The molecule has 0 unspecified atom stereocenters. The molecule has 0 aliphatic heterocycles. The van der Waals surface area contributed by atoms with E-state index < -0.39 is 0 Å². The van der Waals surface area contributed by atoms with Crippen LogP contribution in [0.3, 0.4) is 0 Å². The molecule has 0 radical (unpaired) electrons. The van der Waals surface area contributed by atoms with E-state index in [4.69, 9.17) is 16.3 Å². The van der Waals surface area contributed by atoms with Crippen LogP contribution in [-0.4, -0.2) is 13.2 Å². The number of anilines is 1. The molecule has 2 rings (SSSR count). The van der Waals surface area contributed by atoms with Gasteiger partial charge in [0.1, 0.15) is 12.4 Å². The number of ether oxygens (including phenoxy) is 1. The molecule has 100 valence electrons. The standard InChI is InChI=1S/C15H15BrClNO/c1-11-5-6-13(17)10-15(11)19-8-7-18-14-4-2-3-12(16)9-14/h2-6,9-10,18H,7-8H2,1H3. The highest BCUT2D eigenvalue weighted by molar-refractivity contribution is 9.10. The van der Waals surface area contributed by atoms with Gasteiger partial charge in [0, 0.05) is 21.7 Å². The van der Waals surface area contributed by atoms with Crippen molar-refractivity contribution in [2.45, 2.75) is 6.92 Å². The summed E-state index contributed by atoms with van der Waals surface area (Å²) in [6.45, 7) is 3.34. The van der Waals surface area contributed by atoms with E-state index in [0.29, 0.717) is 11.6 Å². The third-order valence-electron chi connectivity index (χ3n) is 2.66. The van der Waals surface area contributed by atoms with E-state index in [0.717, 1.165) is 28.0 Å². The Morgan fingerprint density at radius 3 is 2.84 bits per heavy atom. The Morgan fingerprint density at radius 2 is 2.05 bits per heavy atom. The van der Waals surface area contributed by atoms with Crippen molar-refractivity contribution >= 4 is 33.2 Å². The molecular formula is C15H15BrClNO. The van der Waals surface area contributed by atoms with Gasteiger partial charge in [0.2, 0.25) is 0 Å². The highest BCUT2D eigenvalue weighted by Crippen LogP contribution is 2.22. The van der Waals surface area contributed by atoms with Gasteiger partial charge in [0.05, 0.1) is 0 Å². The number of benzene rings is 2. The first-order chi connectivity index (χ1) is 9.15. The van der Waals surface area contributed by atoms with E-state index in [1.807, 2.05) is 49.4 Å². The molecule has 0 aliphatic carbocycles. The van der Waals surface area contributed by atoms with Gasteiger partial charge in [-0.2, -0.15) is 0 Å². The van der Waals surface area contributed by atoms with Crippen LogP contribution in [0.4, 0.5) is 5.69 Å². The lowest BCUT2D eigenvalue weighted by atomic mass is 10.2. The van der Waals surface area contributed by atoms with Crippen molar-refractivity contribution in [1.82, 2.24) is 0 Å². The molecule has 0 atom stereocenters. The Hall–Kier alpha value is -1.19. The van der Waals surface area contributed by atoms with Gasteiger partial charge in [0.15, 0.2) is 0 Å². The van der Waals surface area contributed by atoms with Gasteiger partial charge >= 0.3 is 0 Å². The fourth-order valence-electron chi connectivity index (χ4n) is 1.68. The minimum absolute atomic E-state index is 0.591. The van der Waals surface area contributed by atoms with Crippen LogP contribution < -0.4 is 10.1 Å². The fourth-order valence-corrected chi connectivity index (χ4v) is 2.25. The fraction of sp³-hybridized carbons (Fsp3) is 0.200. The predicted octanol–water partition coefficient (Wildman–Crippen LogP) is 4.90. The Morgan fingerprint density at radius 1 is 1.21 bits per heavy atom. The average molecular weight is 341 g/mol. The molecule has 0 heterocycles. The quantitative estimate of drug-likeness (QED) is 0.782. The second-order valence-corrected chi connectivity index (χ2v) is 5.55. The second kappa shape index (κ2) is 6.83. The minimum Gasteiger partial charge on any atom is -0.491 e. The molecule has 19 heavy (non-hydrogen) atoms. The maximum absolute atomic E-state index is 5.94. The lowest BCUT2D eigenvalue weighted by Gasteiger charge is -2.11. The van der Waals surface area contributed by atoms with E-state index in [2.05, 4.69) is 21.2 Å². The van der Waals surface area contributed by atoms with Crippen LogP contribution in [0.15, 0.2) is 46.9 Å². The number of nitrogens with one attached hydrogen (secondary N) is 1. The number of rotatable bonds is 5. The lowest BCUT2D eigenvalue weighted by Crippen LogP contribution is -2.11. The van der Waals surface area contributed by atoms with Gasteiger partial charge in [-0.15, -0.1) is 0 Å². The Kier molecular flexibility index (Phi) is 5.11. The molecule has 0 aliphatic rings. The lowest BCUT2D eigenvalue weighted by molar-refractivity contribution is 0.330. The molecule has 2 aromatic carbocycles. The van der Waals surface area contributed by atoms with Crippen molar-refractivity contribution in [3.8, 4) is 5.75 Å². The number of hydrogen-bond donors (Lipinski definition) is 1. The zero-order chi connectivity index (χ0) is 13.7. The highest BCUT2D eigenvalue weighted by atomic mass is 79.9. The maximum Gasteiger partial charge on any atom is 0.123 e. The molecular weight excluding hydrogens is 326 g/mol. The average Bonchev–Trinajstić information content (AvgIpc) is 2.39. The van der Waals surface area contributed by atoms with Crippen LogP contribution in [0.25, 0.3) is 0 Å². The summed E-state index contributed by atoms with van der Waals surface area (Å²) in [5, 5.41) is 4.00. The summed E-state index contributed by atoms with van der Waals surface area (Å²) in [5.41, 5.74) is 2.16. The molecule has 2 nitrogen and oxygen atoms in total. The van der Waals surface area contributed by atoms with Crippen LogP contribution in [0.2, 0.25) is 5.02 Å². The smallest absolute Gasteiger partial charge is 0.123 e. The van der Waals surface area contributed by atoms with Gasteiger partial charge in [-0.25, -0.2) is 0 Å². The van der Waals surface area contributed by atoms with Gasteiger partial charge in [-0.1, -0.05) is 39.7 Å². The molecule has 4 heteroatoms. The van der Waals surface area contributed by atoms with Gasteiger partial charge in [-0.3, -0.25) is 0 Å². The molecule has 0 fully saturated rings. The topological polar surface area (TPSA) is 21.3 Å². The summed E-state index contributed by atoms with van der Waals surface area (Å²) in [5.74, 6) is 0.837. The van der Waals surface area contributed by atoms with Crippen molar-refractivity contribution in [2.24, 2.45) is 0 Å². The predicted molar refractivity (Wildman–Crippen MR) is 84.3 cm³/mol. The first-order valence-electron chi connectivity index (χ1n) is 6.03. The maximum atomic E-state index is 5.94. The normalized spacial score (nSPS) is 10.3. The summed E-state index contributed by atoms with van der Waals surface area (Å²) in [6, 6.07) is 13.7. The molecule has 0 bridgehead atoms. The summed E-state index contributed by atoms with van der Waals surface area (Å²) in [7, 11) is 0. The zero-order valence-corrected chi connectivity index (χ0v) is 13.0. The van der Waals surface area contributed by atoms with Crippen molar-refractivity contribution in [3.63, 3.8) is 0 Å². The summed E-state index contributed by atoms with van der Waals surface area (Å²) >= 11 is 9.38. The molecule has 2 aromatic rings. The van der Waals surface area contributed by atoms with Gasteiger partial charge in [0.25, 0.3) is 0 Å². The second-order valence-electron chi connectivity index (χ2n) is 4.20. The third-order valence-corrected chi connectivity index (χ3v) is 3.39. The van der Waals surface area contributed by atoms with Gasteiger partial charge in [-0.05, 0) is 42.8 Å². The SMILES string of the molecule is Cc1ccc(Cl)cc1OCCNc1cccc(Br)c1. The van der Waals surface area contributed by atoms with E-state index in [1.165, 1.54) is 0 Å². The summed E-state index contributed by atoms with van der Waals surface area (Å²) < 4.78 is 6.77. The van der Waals surface area contributed by atoms with Crippen molar-refractivity contribution < 1.29 is 4.74 Å². The van der Waals surface area contributed by atoms with Crippen LogP contribution in [0.5, 0.6) is 5.75 Å². The summed E-state index contributed by atoms with van der Waals surface area (Å²) in [4.78, 5) is 0. The Bertz CT molecular complexity index is 560. The number of halogens is 2. The first-order valence-corrected chi connectivity index (χ1v) is 7.20. The molecule has 0 amide bonds. The summed E-state index contributed by atoms with van der Waals surface area (Å²) in [6.07, 6.45) is 0. The number of hydrogen-bond acceptors (Lipinski definition) is 2. The molecule has 0 saturated heterocycles. The first kappa shape index (κ1) is 14.2. The van der Waals surface area contributed by atoms with E-state index >= 15 is 0 Å². The zero-order valence-electron chi connectivity index (χ0n) is 10.6. The van der Waals surface area contributed by atoms with Gasteiger partial charge < -0.3 is 10.1 Å². The largest absolute Gasteiger partial charge is 0.491 e. The van der Waals surface area contributed by atoms with Crippen molar-refractivity contribution in [3.05, 3.63) is 57.5 Å². The molecule has 1 N–H and O–H groups in total. The van der Waals surface area contributed by atoms with E-state index in [-0.39, 0.29) is 0 Å². The Balaban J connectivity index is 1.82. The Labute approximate surface area is 126 Å². The van der Waals surface area contributed by atoms with Crippen LogP contribution in [-0.2, 0) is 0 Å². The van der Waals surface area contributed by atoms with Crippen molar-refractivity contribution in [1.29, 1.82) is 0 Å². The van der Waals surface area contributed by atoms with E-state index in [9.17, 15) is 0 Å². The number of aryl methyl sites for hydroxylation is 1. The molecule has 0 aromatic heterocycles. The monoisotopic (exact) mass is 339 g/mol. The molecule has 0 saturated carbocycles. The van der Waals surface area contributed by atoms with Crippen LogP contribution >= 0.6 is 27.5 Å². The molecule has 0 spiro atoms. The third kappa shape index (κ3) is 4.44. The highest BCUT2D eigenvalue weighted by Gasteiger charge is 2.00. The minimum atomic E-state index is 0.591. The van der Waals surface area contributed by atoms with Crippen LogP contribution in [0, 0.1) is 6.92 Å².